The summed E-state index contributed by atoms with van der Waals surface area (Å²) in [7, 11) is 2.97. The molecular formula is C26H19FINO6S. The van der Waals surface area contributed by atoms with Crippen molar-refractivity contribution in [1.82, 2.24) is 4.90 Å². The van der Waals surface area contributed by atoms with E-state index in [-0.39, 0.29) is 28.5 Å². The van der Waals surface area contributed by atoms with E-state index in [0.717, 1.165) is 16.7 Å². The van der Waals surface area contributed by atoms with Crippen LogP contribution in [0.25, 0.3) is 6.08 Å². The van der Waals surface area contributed by atoms with Gasteiger partial charge in [-0.25, -0.2) is 9.18 Å². The van der Waals surface area contributed by atoms with E-state index in [0.29, 0.717) is 20.4 Å². The smallest absolute Gasteiger partial charge is 0.343 e. The first-order valence-electron chi connectivity index (χ1n) is 10.5. The molecule has 1 fully saturated rings. The standard InChI is InChI=1S/C26H19FINO6S/c1-33-18-9-7-16(8-10-18)25(31)35-23-20(28)11-15(12-21(23)34-2)13-22-24(30)29(26(32)36-22)14-17-5-3-4-6-19(17)27/h3-13H,14H2,1-2H3/b22-13-. The fraction of sp³-hybridized carbons (Fsp3) is 0.115. The number of benzene rings is 3. The first-order valence-corrected chi connectivity index (χ1v) is 12.4. The van der Waals surface area contributed by atoms with Crippen molar-refractivity contribution in [3.05, 3.63) is 91.6 Å². The average Bonchev–Trinajstić information content (AvgIpc) is 3.13. The minimum atomic E-state index is -0.573. The van der Waals surface area contributed by atoms with E-state index < -0.39 is 22.9 Å². The predicted molar refractivity (Wildman–Crippen MR) is 142 cm³/mol. The number of esters is 1. The van der Waals surface area contributed by atoms with Gasteiger partial charge in [0.05, 0.1) is 34.8 Å². The van der Waals surface area contributed by atoms with E-state index in [1.807, 2.05) is 22.6 Å². The van der Waals surface area contributed by atoms with Gasteiger partial charge in [0.15, 0.2) is 11.5 Å². The van der Waals surface area contributed by atoms with Crippen LogP contribution in [-0.2, 0) is 11.3 Å². The number of amides is 2. The zero-order chi connectivity index (χ0) is 25.8. The summed E-state index contributed by atoms with van der Waals surface area (Å²) in [5.41, 5.74) is 1.15. The van der Waals surface area contributed by atoms with E-state index in [1.54, 1.807) is 54.6 Å². The molecule has 0 aliphatic carbocycles. The third-order valence-electron chi connectivity index (χ3n) is 5.23. The third kappa shape index (κ3) is 5.54. The SMILES string of the molecule is COc1ccc(C(=O)Oc2c(I)cc(/C=C3\SC(=O)N(Cc4ccccc4F)C3=O)cc2OC)cc1. The van der Waals surface area contributed by atoms with Crippen molar-refractivity contribution in [2.45, 2.75) is 6.54 Å². The number of carbonyl (C=O) groups is 3. The molecule has 3 aromatic carbocycles. The Morgan fingerprint density at radius 2 is 1.78 bits per heavy atom. The number of thioether (sulfide) groups is 1. The van der Waals surface area contributed by atoms with Gasteiger partial charge in [-0.15, -0.1) is 0 Å². The monoisotopic (exact) mass is 619 g/mol. The fourth-order valence-electron chi connectivity index (χ4n) is 3.39. The van der Waals surface area contributed by atoms with Crippen LogP contribution in [0.4, 0.5) is 9.18 Å². The lowest BCUT2D eigenvalue weighted by molar-refractivity contribution is -0.123. The van der Waals surface area contributed by atoms with Crippen LogP contribution in [0.1, 0.15) is 21.5 Å². The highest BCUT2D eigenvalue weighted by molar-refractivity contribution is 14.1. The molecule has 3 aromatic rings. The van der Waals surface area contributed by atoms with Crippen molar-refractivity contribution in [2.24, 2.45) is 0 Å². The first-order chi connectivity index (χ1) is 17.3. The van der Waals surface area contributed by atoms with Crippen molar-refractivity contribution >= 4 is 57.5 Å². The van der Waals surface area contributed by atoms with Gasteiger partial charge in [0.2, 0.25) is 0 Å². The molecule has 0 radical (unpaired) electrons. The number of carbonyl (C=O) groups excluding carboxylic acids is 3. The molecule has 0 aromatic heterocycles. The van der Waals surface area contributed by atoms with Crippen LogP contribution in [0, 0.1) is 9.39 Å². The zero-order valence-corrected chi connectivity index (χ0v) is 22.1. The number of methoxy groups -OCH3 is 2. The molecule has 0 unspecified atom stereocenters. The van der Waals surface area contributed by atoms with Crippen LogP contribution < -0.4 is 14.2 Å². The fourth-order valence-corrected chi connectivity index (χ4v) is 4.96. The highest BCUT2D eigenvalue weighted by Gasteiger charge is 2.35. The molecule has 1 aliphatic heterocycles. The highest BCUT2D eigenvalue weighted by Crippen LogP contribution is 2.38. The molecule has 36 heavy (non-hydrogen) atoms. The van der Waals surface area contributed by atoms with Crippen LogP contribution in [0.2, 0.25) is 0 Å². The van der Waals surface area contributed by atoms with Crippen LogP contribution in [-0.4, -0.2) is 36.2 Å². The molecule has 184 valence electrons. The molecule has 0 N–H and O–H groups in total. The van der Waals surface area contributed by atoms with E-state index in [1.165, 1.54) is 26.4 Å². The van der Waals surface area contributed by atoms with E-state index >= 15 is 0 Å². The molecule has 0 spiro atoms. The minimum Gasteiger partial charge on any atom is -0.497 e. The van der Waals surface area contributed by atoms with Crippen molar-refractivity contribution in [1.29, 1.82) is 0 Å². The maximum atomic E-state index is 14.0. The summed E-state index contributed by atoms with van der Waals surface area (Å²) in [5, 5.41) is -0.485. The lowest BCUT2D eigenvalue weighted by atomic mass is 10.1. The number of rotatable bonds is 7. The van der Waals surface area contributed by atoms with E-state index in [9.17, 15) is 18.8 Å². The Morgan fingerprint density at radius 3 is 2.44 bits per heavy atom. The number of hydrogen-bond donors (Lipinski definition) is 0. The van der Waals surface area contributed by atoms with Crippen LogP contribution in [0.5, 0.6) is 17.2 Å². The predicted octanol–water partition coefficient (Wildman–Crippen LogP) is 5.90. The van der Waals surface area contributed by atoms with Crippen molar-refractivity contribution in [3.63, 3.8) is 0 Å². The number of halogens is 2. The first kappa shape index (κ1) is 25.7. The summed E-state index contributed by atoms with van der Waals surface area (Å²) >= 11 is 2.77. The Hall–Kier alpha value is -3.38. The molecule has 0 bridgehead atoms. The van der Waals surface area contributed by atoms with Crippen LogP contribution in [0.3, 0.4) is 0 Å². The van der Waals surface area contributed by atoms with Gasteiger partial charge in [0.25, 0.3) is 11.1 Å². The number of hydrogen-bond acceptors (Lipinski definition) is 7. The molecule has 10 heteroatoms. The Kier molecular flexibility index (Phi) is 7.94. The van der Waals surface area contributed by atoms with Gasteiger partial charge in [-0.05, 0) is 88.5 Å². The lowest BCUT2D eigenvalue weighted by Gasteiger charge is -2.13. The summed E-state index contributed by atoms with van der Waals surface area (Å²) in [6.07, 6.45) is 1.55. The van der Waals surface area contributed by atoms with Crippen LogP contribution in [0.15, 0.2) is 65.6 Å². The topological polar surface area (TPSA) is 82.1 Å². The second kappa shape index (κ2) is 11.1. The average molecular weight is 619 g/mol. The Bertz CT molecular complexity index is 1380. The van der Waals surface area contributed by atoms with Gasteiger partial charge in [0.1, 0.15) is 11.6 Å². The molecule has 1 saturated heterocycles. The van der Waals surface area contributed by atoms with Crippen LogP contribution >= 0.6 is 34.4 Å². The molecule has 7 nitrogen and oxygen atoms in total. The van der Waals surface area contributed by atoms with Gasteiger partial charge in [0, 0.05) is 5.56 Å². The summed E-state index contributed by atoms with van der Waals surface area (Å²) in [6.45, 7) is -0.157. The minimum absolute atomic E-state index is 0.157. The van der Waals surface area contributed by atoms with E-state index in [4.69, 9.17) is 14.2 Å². The molecule has 1 heterocycles. The van der Waals surface area contributed by atoms with Crippen molar-refractivity contribution in [3.8, 4) is 17.2 Å². The largest absolute Gasteiger partial charge is 0.497 e. The summed E-state index contributed by atoms with van der Waals surface area (Å²) in [5.74, 6) is -0.460. The number of nitrogens with zero attached hydrogens (tertiary/aromatic N) is 1. The molecule has 4 rings (SSSR count). The van der Waals surface area contributed by atoms with Crippen molar-refractivity contribution < 1.29 is 33.0 Å². The number of ether oxygens (including phenoxy) is 3. The Morgan fingerprint density at radius 1 is 1.06 bits per heavy atom. The second-order valence-corrected chi connectivity index (χ2v) is 9.67. The summed E-state index contributed by atoms with van der Waals surface area (Å²) in [4.78, 5) is 39.2. The molecule has 2 amide bonds. The maximum Gasteiger partial charge on any atom is 0.343 e. The number of imide groups is 1. The lowest BCUT2D eigenvalue weighted by Crippen LogP contribution is -2.27. The van der Waals surface area contributed by atoms with Gasteiger partial charge < -0.3 is 14.2 Å². The quantitative estimate of drug-likeness (QED) is 0.141. The zero-order valence-electron chi connectivity index (χ0n) is 19.1. The van der Waals surface area contributed by atoms with Gasteiger partial charge in [-0.2, -0.15) is 0 Å². The second-order valence-electron chi connectivity index (χ2n) is 7.51. The highest BCUT2D eigenvalue weighted by atomic mass is 127. The molecule has 0 atom stereocenters. The van der Waals surface area contributed by atoms with Gasteiger partial charge >= 0.3 is 5.97 Å². The third-order valence-corrected chi connectivity index (χ3v) is 6.94. The maximum absolute atomic E-state index is 14.0. The summed E-state index contributed by atoms with van der Waals surface area (Å²) < 4.78 is 30.7. The van der Waals surface area contributed by atoms with Crippen molar-refractivity contribution in [2.75, 3.05) is 14.2 Å². The Balaban J connectivity index is 1.55. The molecule has 0 saturated carbocycles. The van der Waals surface area contributed by atoms with Gasteiger partial charge in [-0.1, -0.05) is 18.2 Å². The Labute approximate surface area is 224 Å². The van der Waals surface area contributed by atoms with Gasteiger partial charge in [-0.3, -0.25) is 14.5 Å². The molecular weight excluding hydrogens is 600 g/mol. The summed E-state index contributed by atoms with van der Waals surface area (Å²) in [6, 6.07) is 15.8. The van der Waals surface area contributed by atoms with E-state index in [2.05, 4.69) is 0 Å². The molecule has 1 aliphatic rings. The normalized spacial score (nSPS) is 14.3.